The van der Waals surface area contributed by atoms with Crippen molar-refractivity contribution in [2.24, 2.45) is 0 Å². The molecular formula is C23H29BrN8O3. The average molecular weight is 545 g/mol. The van der Waals surface area contributed by atoms with Crippen LogP contribution in [0.2, 0.25) is 0 Å². The molecule has 1 fully saturated rings. The van der Waals surface area contributed by atoms with Gasteiger partial charge in [0.25, 0.3) is 11.9 Å². The number of aryl methyl sites for hydroxylation is 1. The van der Waals surface area contributed by atoms with Gasteiger partial charge in [0.05, 0.1) is 46.2 Å². The molecule has 11 nitrogen and oxygen atoms in total. The van der Waals surface area contributed by atoms with Gasteiger partial charge in [-0.15, -0.1) is 0 Å². The fourth-order valence-electron chi connectivity index (χ4n) is 3.91. The molecule has 0 spiro atoms. The average Bonchev–Trinajstić information content (AvgIpc) is 3.37. The van der Waals surface area contributed by atoms with Crippen LogP contribution in [0.15, 0.2) is 23.2 Å². The molecule has 0 unspecified atom stereocenters. The fourth-order valence-corrected chi connectivity index (χ4v) is 4.21. The molecular weight excluding hydrogens is 516 g/mol. The predicted molar refractivity (Wildman–Crippen MR) is 132 cm³/mol. The largest absolute Gasteiger partial charge is 0.480 e. The van der Waals surface area contributed by atoms with Gasteiger partial charge in [0.1, 0.15) is 12.4 Å². The van der Waals surface area contributed by atoms with Crippen LogP contribution < -0.4 is 10.6 Å². The number of aromatic nitrogens is 6. The topological polar surface area (TPSA) is 140 Å². The van der Waals surface area contributed by atoms with Gasteiger partial charge >= 0.3 is 5.97 Å². The standard InChI is InChI=1S/C23H29BrN8O3/c1-3-4-8-18-16(22(35)25-11-19-14(2)27-13-31(19)12-20(33)34)9-28-32(18)23-26-10-17(24)21(30-23)29-15-6-5-7-15/h9-10,13,15H,3-8,11-12H2,1-2H3,(H,25,35)(H,33,34)(H,26,29,30). The molecule has 1 saturated carbocycles. The molecule has 0 radical (unpaired) electrons. The number of aliphatic carboxylic acids is 1. The number of hydrogen-bond donors (Lipinski definition) is 3. The molecule has 3 heterocycles. The fraction of sp³-hybridized carbons (Fsp3) is 0.478. The highest BCUT2D eigenvalue weighted by atomic mass is 79.9. The number of carboxylic acids is 1. The van der Waals surface area contributed by atoms with E-state index in [4.69, 9.17) is 5.11 Å². The molecule has 186 valence electrons. The van der Waals surface area contributed by atoms with E-state index in [1.54, 1.807) is 17.8 Å². The Labute approximate surface area is 211 Å². The lowest BCUT2D eigenvalue weighted by molar-refractivity contribution is -0.137. The van der Waals surface area contributed by atoms with Crippen molar-refractivity contribution in [1.82, 2.24) is 34.6 Å². The van der Waals surface area contributed by atoms with E-state index in [9.17, 15) is 9.59 Å². The summed E-state index contributed by atoms with van der Waals surface area (Å²) >= 11 is 3.51. The number of nitrogens with zero attached hydrogens (tertiary/aromatic N) is 6. The summed E-state index contributed by atoms with van der Waals surface area (Å²) in [6.07, 6.45) is 10.6. The van der Waals surface area contributed by atoms with Crippen LogP contribution in [0.5, 0.6) is 0 Å². The van der Waals surface area contributed by atoms with E-state index in [0.29, 0.717) is 41.2 Å². The summed E-state index contributed by atoms with van der Waals surface area (Å²) in [4.78, 5) is 37.6. The first-order chi connectivity index (χ1) is 16.9. The van der Waals surface area contributed by atoms with Gasteiger partial charge in [-0.1, -0.05) is 13.3 Å². The van der Waals surface area contributed by atoms with Crippen molar-refractivity contribution in [3.05, 3.63) is 45.8 Å². The van der Waals surface area contributed by atoms with Crippen LogP contribution in [0.25, 0.3) is 5.95 Å². The second-order valence-corrected chi connectivity index (χ2v) is 9.49. The molecule has 1 amide bonds. The Bertz CT molecular complexity index is 1220. The van der Waals surface area contributed by atoms with Gasteiger partial charge in [-0.2, -0.15) is 10.1 Å². The normalized spacial score (nSPS) is 13.5. The number of carbonyl (C=O) groups excluding carboxylic acids is 1. The Balaban J connectivity index is 1.57. The first kappa shape index (κ1) is 24.8. The van der Waals surface area contributed by atoms with Crippen LogP contribution in [0, 0.1) is 6.92 Å². The van der Waals surface area contributed by atoms with Crippen molar-refractivity contribution in [3.63, 3.8) is 0 Å². The summed E-state index contributed by atoms with van der Waals surface area (Å²) in [5, 5.41) is 19.9. The monoisotopic (exact) mass is 544 g/mol. The minimum Gasteiger partial charge on any atom is -0.480 e. The highest BCUT2D eigenvalue weighted by Gasteiger charge is 2.23. The van der Waals surface area contributed by atoms with Gasteiger partial charge in [-0.3, -0.25) is 9.59 Å². The molecule has 35 heavy (non-hydrogen) atoms. The van der Waals surface area contributed by atoms with Crippen molar-refractivity contribution in [3.8, 4) is 5.95 Å². The van der Waals surface area contributed by atoms with E-state index >= 15 is 0 Å². The van der Waals surface area contributed by atoms with E-state index in [1.807, 2.05) is 0 Å². The maximum atomic E-state index is 13.2. The van der Waals surface area contributed by atoms with E-state index in [1.165, 1.54) is 23.5 Å². The quantitative estimate of drug-likeness (QED) is 0.334. The number of unbranched alkanes of at least 4 members (excludes halogenated alkanes) is 1. The molecule has 1 aliphatic carbocycles. The number of nitrogens with one attached hydrogen (secondary N) is 2. The summed E-state index contributed by atoms with van der Waals surface area (Å²) in [5.41, 5.74) is 2.49. The predicted octanol–water partition coefficient (Wildman–Crippen LogP) is 3.25. The third kappa shape index (κ3) is 5.69. The summed E-state index contributed by atoms with van der Waals surface area (Å²) in [6, 6.07) is 0.408. The molecule has 4 rings (SSSR count). The van der Waals surface area contributed by atoms with Crippen LogP contribution >= 0.6 is 15.9 Å². The summed E-state index contributed by atoms with van der Waals surface area (Å²) in [6.45, 7) is 3.80. The first-order valence-electron chi connectivity index (χ1n) is 11.7. The van der Waals surface area contributed by atoms with Gasteiger partial charge < -0.3 is 20.3 Å². The van der Waals surface area contributed by atoms with E-state index < -0.39 is 5.97 Å². The molecule has 0 aliphatic heterocycles. The number of hydrogen-bond acceptors (Lipinski definition) is 7. The van der Waals surface area contributed by atoms with Crippen molar-refractivity contribution < 1.29 is 14.7 Å². The van der Waals surface area contributed by atoms with Crippen molar-refractivity contribution in [2.75, 3.05) is 5.32 Å². The molecule has 12 heteroatoms. The highest BCUT2D eigenvalue weighted by Crippen LogP contribution is 2.27. The summed E-state index contributed by atoms with van der Waals surface area (Å²) in [7, 11) is 0. The van der Waals surface area contributed by atoms with E-state index in [-0.39, 0.29) is 19.0 Å². The second-order valence-electron chi connectivity index (χ2n) is 8.64. The van der Waals surface area contributed by atoms with Crippen LogP contribution in [-0.4, -0.2) is 52.3 Å². The van der Waals surface area contributed by atoms with Crippen molar-refractivity contribution in [2.45, 2.75) is 71.5 Å². The van der Waals surface area contributed by atoms with Crippen LogP contribution in [-0.2, 0) is 24.3 Å². The smallest absolute Gasteiger partial charge is 0.323 e. The molecule has 1 aliphatic rings. The minimum atomic E-state index is -0.973. The Hall–Kier alpha value is -3.28. The Morgan fingerprint density at radius 2 is 2.03 bits per heavy atom. The Kier molecular flexibility index (Phi) is 7.79. The summed E-state index contributed by atoms with van der Waals surface area (Å²) < 4.78 is 3.93. The lowest BCUT2D eigenvalue weighted by Gasteiger charge is -2.27. The number of rotatable bonds is 11. The SMILES string of the molecule is CCCCc1c(C(=O)NCc2c(C)ncn2CC(=O)O)cnn1-c1ncc(Br)c(NC2CCC2)n1. The zero-order chi connectivity index (χ0) is 24.9. The Morgan fingerprint density at radius 1 is 1.23 bits per heavy atom. The van der Waals surface area contributed by atoms with Crippen LogP contribution in [0.4, 0.5) is 5.82 Å². The Morgan fingerprint density at radius 3 is 2.71 bits per heavy atom. The van der Waals surface area contributed by atoms with E-state index in [0.717, 1.165) is 35.8 Å². The number of halogens is 1. The first-order valence-corrected chi connectivity index (χ1v) is 12.5. The molecule has 3 aromatic heterocycles. The van der Waals surface area contributed by atoms with Crippen LogP contribution in [0.3, 0.4) is 0 Å². The third-order valence-electron chi connectivity index (χ3n) is 6.12. The molecule has 3 N–H and O–H groups in total. The molecule has 0 atom stereocenters. The zero-order valence-corrected chi connectivity index (χ0v) is 21.4. The number of anilines is 1. The second kappa shape index (κ2) is 11.0. The van der Waals surface area contributed by atoms with E-state index in [2.05, 4.69) is 53.5 Å². The van der Waals surface area contributed by atoms with Crippen molar-refractivity contribution >= 4 is 33.6 Å². The van der Waals surface area contributed by atoms with Gasteiger partial charge in [0, 0.05) is 12.2 Å². The maximum absolute atomic E-state index is 13.2. The minimum absolute atomic E-state index is 0.153. The van der Waals surface area contributed by atoms with Gasteiger partial charge in [0.15, 0.2) is 0 Å². The number of amides is 1. The van der Waals surface area contributed by atoms with Gasteiger partial charge in [-0.05, 0) is 55.0 Å². The highest BCUT2D eigenvalue weighted by molar-refractivity contribution is 9.10. The van der Waals surface area contributed by atoms with Gasteiger partial charge in [-0.25, -0.2) is 14.6 Å². The molecule has 0 aromatic carbocycles. The molecule has 3 aromatic rings. The lowest BCUT2D eigenvalue weighted by Crippen LogP contribution is -2.28. The lowest BCUT2D eigenvalue weighted by atomic mass is 9.93. The number of carboxylic acid groups (broad SMARTS) is 1. The molecule has 0 bridgehead atoms. The van der Waals surface area contributed by atoms with Crippen molar-refractivity contribution in [1.29, 1.82) is 0 Å². The number of carbonyl (C=O) groups is 2. The molecule has 0 saturated heterocycles. The maximum Gasteiger partial charge on any atom is 0.323 e. The third-order valence-corrected chi connectivity index (χ3v) is 6.70. The summed E-state index contributed by atoms with van der Waals surface area (Å²) in [5.74, 6) is -0.158. The number of imidazole rings is 1. The zero-order valence-electron chi connectivity index (χ0n) is 19.8. The van der Waals surface area contributed by atoms with Gasteiger partial charge in [0.2, 0.25) is 0 Å². The van der Waals surface area contributed by atoms with Crippen LogP contribution in [0.1, 0.15) is 66.5 Å².